The summed E-state index contributed by atoms with van der Waals surface area (Å²) in [5.41, 5.74) is 0.553. The summed E-state index contributed by atoms with van der Waals surface area (Å²) < 4.78 is 10.7. The van der Waals surface area contributed by atoms with Crippen LogP contribution in [0, 0.1) is 0 Å². The summed E-state index contributed by atoms with van der Waals surface area (Å²) in [6.45, 7) is 3.40. The second-order valence-electron chi connectivity index (χ2n) is 4.86. The van der Waals surface area contributed by atoms with Gasteiger partial charge in [0.25, 0.3) is 0 Å². The lowest BCUT2D eigenvalue weighted by molar-refractivity contribution is -0.146. The molecule has 0 aliphatic carbocycles. The van der Waals surface area contributed by atoms with Gasteiger partial charge in [-0.15, -0.1) is 0 Å². The van der Waals surface area contributed by atoms with Gasteiger partial charge in [0.1, 0.15) is 6.04 Å². The fourth-order valence-corrected chi connectivity index (χ4v) is 2.99. The van der Waals surface area contributed by atoms with Crippen molar-refractivity contribution in [3.63, 3.8) is 0 Å². The number of ether oxygens (including phenoxy) is 2. The summed E-state index contributed by atoms with van der Waals surface area (Å²) in [6, 6.07) is 4.48. The summed E-state index contributed by atoms with van der Waals surface area (Å²) in [5, 5.41) is 4.07. The number of nitrogens with one attached hydrogen (secondary N) is 1. The van der Waals surface area contributed by atoms with Crippen molar-refractivity contribution >= 4 is 29.2 Å². The normalized spacial score (nSPS) is 19.5. The molecule has 0 saturated carbocycles. The number of halogens is 2. The molecule has 0 radical (unpaired) electrons. The lowest BCUT2D eigenvalue weighted by Gasteiger charge is -2.21. The van der Waals surface area contributed by atoms with E-state index in [2.05, 4.69) is 5.32 Å². The van der Waals surface area contributed by atoms with Crippen molar-refractivity contribution in [1.29, 1.82) is 0 Å². The fourth-order valence-electron chi connectivity index (χ4n) is 2.37. The van der Waals surface area contributed by atoms with Crippen LogP contribution in [-0.2, 0) is 14.3 Å². The van der Waals surface area contributed by atoms with E-state index in [1.807, 2.05) is 0 Å². The Morgan fingerprint density at radius 1 is 1.48 bits per heavy atom. The predicted molar refractivity (Wildman–Crippen MR) is 82.8 cm³/mol. The van der Waals surface area contributed by atoms with Crippen LogP contribution in [0.2, 0.25) is 10.0 Å². The molecule has 0 bridgehead atoms. The van der Waals surface area contributed by atoms with Crippen molar-refractivity contribution in [2.45, 2.75) is 31.9 Å². The first-order chi connectivity index (χ1) is 10.1. The minimum absolute atomic E-state index is 0.114. The molecule has 0 amide bonds. The predicted octanol–water partition coefficient (Wildman–Crippen LogP) is 3.37. The third-order valence-corrected chi connectivity index (χ3v) is 4.04. The van der Waals surface area contributed by atoms with Gasteiger partial charge in [0.05, 0.1) is 12.7 Å². The van der Waals surface area contributed by atoms with E-state index in [-0.39, 0.29) is 12.1 Å². The van der Waals surface area contributed by atoms with Gasteiger partial charge in [-0.2, -0.15) is 0 Å². The van der Waals surface area contributed by atoms with Crippen LogP contribution in [0.25, 0.3) is 0 Å². The van der Waals surface area contributed by atoms with Gasteiger partial charge in [-0.1, -0.05) is 29.3 Å². The van der Waals surface area contributed by atoms with E-state index in [9.17, 15) is 4.79 Å². The molecule has 4 nitrogen and oxygen atoms in total. The number of rotatable bonds is 6. The standard InChI is InChI=1S/C15H19Cl2NO3/c1-2-20-15(19)14(18-9-10-5-4-8-21-10)13-11(16)6-3-7-12(13)17/h3,6-7,10,14,18H,2,4-5,8-9H2,1H3. The lowest BCUT2D eigenvalue weighted by Crippen LogP contribution is -2.35. The van der Waals surface area contributed by atoms with Gasteiger partial charge in [-0.05, 0) is 31.9 Å². The summed E-state index contributed by atoms with van der Waals surface area (Å²) in [7, 11) is 0. The molecule has 2 unspecified atom stereocenters. The highest BCUT2D eigenvalue weighted by Gasteiger charge is 2.28. The molecule has 1 fully saturated rings. The highest BCUT2D eigenvalue weighted by molar-refractivity contribution is 6.36. The molecular formula is C15H19Cl2NO3. The van der Waals surface area contributed by atoms with Gasteiger partial charge in [-0.3, -0.25) is 5.32 Å². The summed E-state index contributed by atoms with van der Waals surface area (Å²) in [6.07, 6.45) is 2.14. The quantitative estimate of drug-likeness (QED) is 0.812. The Labute approximate surface area is 134 Å². The van der Waals surface area contributed by atoms with Crippen molar-refractivity contribution in [1.82, 2.24) is 5.32 Å². The topological polar surface area (TPSA) is 47.6 Å². The molecule has 0 aromatic heterocycles. The van der Waals surface area contributed by atoms with Crippen LogP contribution in [-0.4, -0.2) is 31.8 Å². The second-order valence-corrected chi connectivity index (χ2v) is 5.68. The van der Waals surface area contributed by atoms with Crippen molar-refractivity contribution in [2.24, 2.45) is 0 Å². The molecule has 1 aromatic rings. The summed E-state index contributed by atoms with van der Waals surface area (Å²) in [5.74, 6) is -0.384. The molecule has 21 heavy (non-hydrogen) atoms. The third kappa shape index (κ3) is 4.33. The van der Waals surface area contributed by atoms with Crippen molar-refractivity contribution < 1.29 is 14.3 Å². The van der Waals surface area contributed by atoms with E-state index >= 15 is 0 Å². The minimum atomic E-state index is -0.685. The smallest absolute Gasteiger partial charge is 0.327 e. The van der Waals surface area contributed by atoms with E-state index in [4.69, 9.17) is 32.7 Å². The molecular weight excluding hydrogens is 313 g/mol. The average molecular weight is 332 g/mol. The van der Waals surface area contributed by atoms with Crippen LogP contribution >= 0.6 is 23.2 Å². The van der Waals surface area contributed by atoms with E-state index < -0.39 is 6.04 Å². The highest BCUT2D eigenvalue weighted by atomic mass is 35.5. The average Bonchev–Trinajstić information content (AvgIpc) is 2.95. The number of hydrogen-bond donors (Lipinski definition) is 1. The summed E-state index contributed by atoms with van der Waals surface area (Å²) >= 11 is 12.4. The first-order valence-corrected chi connectivity index (χ1v) is 7.84. The van der Waals surface area contributed by atoms with Crippen molar-refractivity contribution in [3.05, 3.63) is 33.8 Å². The second kappa shape index (κ2) is 7.99. The fraction of sp³-hybridized carbons (Fsp3) is 0.533. The lowest BCUT2D eigenvalue weighted by atomic mass is 10.1. The van der Waals surface area contributed by atoms with Gasteiger partial charge in [-0.25, -0.2) is 4.79 Å². The summed E-state index contributed by atoms with van der Waals surface area (Å²) in [4.78, 5) is 12.2. The maximum atomic E-state index is 12.2. The zero-order chi connectivity index (χ0) is 15.2. The Balaban J connectivity index is 2.16. The monoisotopic (exact) mass is 331 g/mol. The van der Waals surface area contributed by atoms with E-state index in [1.165, 1.54) is 0 Å². The Morgan fingerprint density at radius 3 is 2.76 bits per heavy atom. The molecule has 116 valence electrons. The van der Waals surface area contributed by atoms with Gasteiger partial charge in [0.2, 0.25) is 0 Å². The van der Waals surface area contributed by atoms with Gasteiger partial charge in [0, 0.05) is 28.8 Å². The van der Waals surface area contributed by atoms with Gasteiger partial charge < -0.3 is 9.47 Å². The van der Waals surface area contributed by atoms with Crippen molar-refractivity contribution in [3.8, 4) is 0 Å². The Bertz CT molecular complexity index is 470. The van der Waals surface area contributed by atoms with E-state index in [0.717, 1.165) is 19.4 Å². The molecule has 1 aliphatic rings. The number of benzene rings is 1. The van der Waals surface area contributed by atoms with E-state index in [0.29, 0.717) is 28.8 Å². The van der Waals surface area contributed by atoms with Crippen LogP contribution in [0.5, 0.6) is 0 Å². The zero-order valence-electron chi connectivity index (χ0n) is 11.9. The SMILES string of the molecule is CCOC(=O)C(NCC1CCCO1)c1c(Cl)cccc1Cl. The molecule has 1 heterocycles. The van der Waals surface area contributed by atoms with Crippen molar-refractivity contribution in [2.75, 3.05) is 19.8 Å². The van der Waals surface area contributed by atoms with Crippen LogP contribution in [0.15, 0.2) is 18.2 Å². The van der Waals surface area contributed by atoms with Crippen LogP contribution in [0.1, 0.15) is 31.4 Å². The molecule has 2 rings (SSSR count). The first kappa shape index (κ1) is 16.6. The Kier molecular flexibility index (Phi) is 6.30. The molecule has 0 spiro atoms. The maximum absolute atomic E-state index is 12.2. The third-order valence-electron chi connectivity index (χ3n) is 3.38. The highest BCUT2D eigenvalue weighted by Crippen LogP contribution is 2.31. The van der Waals surface area contributed by atoms with Crippen LogP contribution in [0.3, 0.4) is 0 Å². The molecule has 1 saturated heterocycles. The van der Waals surface area contributed by atoms with E-state index in [1.54, 1.807) is 25.1 Å². The van der Waals surface area contributed by atoms with Crippen LogP contribution in [0.4, 0.5) is 0 Å². The molecule has 2 atom stereocenters. The first-order valence-electron chi connectivity index (χ1n) is 7.09. The molecule has 1 N–H and O–H groups in total. The zero-order valence-corrected chi connectivity index (χ0v) is 13.4. The van der Waals surface area contributed by atoms with Gasteiger partial charge >= 0.3 is 5.97 Å². The van der Waals surface area contributed by atoms with Crippen LogP contribution < -0.4 is 5.32 Å². The Hall–Kier alpha value is -0.810. The number of esters is 1. The molecule has 1 aromatic carbocycles. The minimum Gasteiger partial charge on any atom is -0.465 e. The van der Waals surface area contributed by atoms with Gasteiger partial charge in [0.15, 0.2) is 0 Å². The number of carbonyl (C=O) groups excluding carboxylic acids is 1. The Morgan fingerprint density at radius 2 is 2.19 bits per heavy atom. The number of hydrogen-bond acceptors (Lipinski definition) is 4. The number of carbonyl (C=O) groups is 1. The molecule has 1 aliphatic heterocycles. The largest absolute Gasteiger partial charge is 0.465 e. The maximum Gasteiger partial charge on any atom is 0.327 e. The molecule has 6 heteroatoms.